The van der Waals surface area contributed by atoms with Crippen molar-refractivity contribution in [2.45, 2.75) is 52.3 Å². The van der Waals surface area contributed by atoms with Crippen LogP contribution in [0.25, 0.3) is 0 Å². The van der Waals surface area contributed by atoms with Gasteiger partial charge in [0.15, 0.2) is 0 Å². The first-order valence-corrected chi connectivity index (χ1v) is 7.88. The minimum atomic E-state index is -0.158. The third-order valence-corrected chi connectivity index (χ3v) is 4.15. The summed E-state index contributed by atoms with van der Waals surface area (Å²) in [5.74, 6) is 1.04. The number of benzene rings is 1. The molecule has 0 radical (unpaired) electrons. The molecule has 3 nitrogen and oxygen atoms in total. The summed E-state index contributed by atoms with van der Waals surface area (Å²) in [5.41, 5.74) is 4.68. The van der Waals surface area contributed by atoms with E-state index in [-0.39, 0.29) is 5.60 Å². The Bertz CT molecular complexity index is 665. The number of pyridine rings is 1. The van der Waals surface area contributed by atoms with Crippen LogP contribution in [-0.4, -0.2) is 10.6 Å². The summed E-state index contributed by atoms with van der Waals surface area (Å²) >= 11 is 0. The second-order valence-corrected chi connectivity index (χ2v) is 6.82. The lowest BCUT2D eigenvalue weighted by Gasteiger charge is -2.39. The molecule has 0 saturated carbocycles. The lowest BCUT2D eigenvalue weighted by Crippen LogP contribution is -2.39. The lowest BCUT2D eigenvalue weighted by atomic mass is 9.87. The van der Waals surface area contributed by atoms with Crippen molar-refractivity contribution in [2.75, 3.05) is 0 Å². The number of nitrogens with one attached hydrogen (secondary N) is 1. The normalized spacial score (nSPS) is 19.4. The molecule has 22 heavy (non-hydrogen) atoms. The van der Waals surface area contributed by atoms with Gasteiger partial charge in [-0.05, 0) is 45.4 Å². The van der Waals surface area contributed by atoms with Crippen LogP contribution in [0.1, 0.15) is 48.7 Å². The maximum atomic E-state index is 6.23. The van der Waals surface area contributed by atoms with Gasteiger partial charge in [0.25, 0.3) is 0 Å². The highest BCUT2D eigenvalue weighted by molar-refractivity contribution is 5.47. The molecule has 1 aliphatic rings. The molecule has 0 amide bonds. The highest BCUT2D eigenvalue weighted by Gasteiger charge is 2.34. The van der Waals surface area contributed by atoms with Crippen LogP contribution in [0.2, 0.25) is 0 Å². The second kappa shape index (κ2) is 5.73. The van der Waals surface area contributed by atoms with Crippen molar-refractivity contribution in [1.29, 1.82) is 0 Å². The lowest BCUT2D eigenvalue weighted by molar-refractivity contribution is 0.0647. The number of aromatic nitrogens is 1. The maximum absolute atomic E-state index is 6.23. The number of hydrogen-bond acceptors (Lipinski definition) is 3. The van der Waals surface area contributed by atoms with Crippen molar-refractivity contribution >= 4 is 0 Å². The van der Waals surface area contributed by atoms with Crippen LogP contribution in [0.15, 0.2) is 36.5 Å². The van der Waals surface area contributed by atoms with E-state index in [0.29, 0.717) is 6.04 Å². The summed E-state index contributed by atoms with van der Waals surface area (Å²) in [6.45, 7) is 9.36. The molecule has 3 heteroatoms. The second-order valence-electron chi connectivity index (χ2n) is 6.82. The van der Waals surface area contributed by atoms with Crippen molar-refractivity contribution in [1.82, 2.24) is 10.3 Å². The predicted octanol–water partition coefficient (Wildman–Crippen LogP) is 4.09. The van der Waals surface area contributed by atoms with Crippen molar-refractivity contribution < 1.29 is 4.74 Å². The molecule has 1 aliphatic heterocycles. The Hall–Kier alpha value is -1.87. The van der Waals surface area contributed by atoms with Gasteiger partial charge in [-0.3, -0.25) is 4.98 Å². The van der Waals surface area contributed by atoms with Gasteiger partial charge in [-0.1, -0.05) is 23.8 Å². The van der Waals surface area contributed by atoms with E-state index in [4.69, 9.17) is 4.74 Å². The summed E-state index contributed by atoms with van der Waals surface area (Å²) in [4.78, 5) is 4.40. The molecule has 1 atom stereocenters. The first-order chi connectivity index (χ1) is 10.4. The molecule has 1 aromatic heterocycles. The Labute approximate surface area is 132 Å². The first kappa shape index (κ1) is 15.0. The number of fused-ring (bicyclic) bond motifs is 1. The van der Waals surface area contributed by atoms with Gasteiger partial charge in [-0.25, -0.2) is 0 Å². The zero-order chi connectivity index (χ0) is 15.7. The molecular weight excluding hydrogens is 272 g/mol. The van der Waals surface area contributed by atoms with Gasteiger partial charge < -0.3 is 10.1 Å². The van der Waals surface area contributed by atoms with E-state index in [9.17, 15) is 0 Å². The highest BCUT2D eigenvalue weighted by Crippen LogP contribution is 2.42. The SMILES string of the molecule is Cc1cc(C)c2c(c1)C(NCc1ccccn1)CC(C)(C)O2. The fraction of sp³-hybridized carbons (Fsp3) is 0.421. The molecule has 2 heterocycles. The summed E-state index contributed by atoms with van der Waals surface area (Å²) in [6, 6.07) is 10.8. The van der Waals surface area contributed by atoms with Crippen LogP contribution < -0.4 is 10.1 Å². The molecule has 0 spiro atoms. The van der Waals surface area contributed by atoms with Gasteiger partial charge in [-0.15, -0.1) is 0 Å². The van der Waals surface area contributed by atoms with Crippen molar-refractivity contribution in [3.8, 4) is 5.75 Å². The van der Waals surface area contributed by atoms with Gasteiger partial charge in [-0.2, -0.15) is 0 Å². The number of hydrogen-bond donors (Lipinski definition) is 1. The number of nitrogens with zero attached hydrogens (tertiary/aromatic N) is 1. The van der Waals surface area contributed by atoms with Crippen LogP contribution in [0.4, 0.5) is 0 Å². The minimum Gasteiger partial charge on any atom is -0.487 e. The molecule has 0 aliphatic carbocycles. The number of rotatable bonds is 3. The van der Waals surface area contributed by atoms with Gasteiger partial charge in [0, 0.05) is 30.8 Å². The molecule has 1 N–H and O–H groups in total. The Kier molecular flexibility index (Phi) is 3.92. The standard InChI is InChI=1S/C19H24N2O/c1-13-9-14(2)18-16(10-13)17(11-19(3,4)22-18)21-12-15-7-5-6-8-20-15/h5-10,17,21H,11-12H2,1-4H3. The number of aryl methyl sites for hydroxylation is 2. The Morgan fingerprint density at radius 2 is 2.09 bits per heavy atom. The van der Waals surface area contributed by atoms with Crippen LogP contribution >= 0.6 is 0 Å². The molecule has 0 bridgehead atoms. The summed E-state index contributed by atoms with van der Waals surface area (Å²) in [5, 5.41) is 3.66. The van der Waals surface area contributed by atoms with Crippen LogP contribution in [0, 0.1) is 13.8 Å². The van der Waals surface area contributed by atoms with E-state index in [0.717, 1.165) is 24.4 Å². The minimum absolute atomic E-state index is 0.158. The van der Waals surface area contributed by atoms with E-state index in [1.165, 1.54) is 16.7 Å². The molecule has 116 valence electrons. The average molecular weight is 296 g/mol. The summed E-state index contributed by atoms with van der Waals surface area (Å²) in [7, 11) is 0. The summed E-state index contributed by atoms with van der Waals surface area (Å²) in [6.07, 6.45) is 2.79. The predicted molar refractivity (Wildman–Crippen MR) is 89.1 cm³/mol. The van der Waals surface area contributed by atoms with E-state index < -0.39 is 0 Å². The van der Waals surface area contributed by atoms with E-state index >= 15 is 0 Å². The van der Waals surface area contributed by atoms with Gasteiger partial charge in [0.2, 0.25) is 0 Å². The largest absolute Gasteiger partial charge is 0.487 e. The van der Waals surface area contributed by atoms with Crippen molar-refractivity contribution in [2.24, 2.45) is 0 Å². The smallest absolute Gasteiger partial charge is 0.127 e. The molecule has 0 fully saturated rings. The van der Waals surface area contributed by atoms with E-state index in [1.54, 1.807) is 0 Å². The molecule has 2 aromatic rings. The van der Waals surface area contributed by atoms with Crippen molar-refractivity contribution in [3.05, 3.63) is 58.9 Å². The van der Waals surface area contributed by atoms with Crippen LogP contribution in [0.3, 0.4) is 0 Å². The number of ether oxygens (including phenoxy) is 1. The Morgan fingerprint density at radius 3 is 2.82 bits per heavy atom. The summed E-state index contributed by atoms with van der Waals surface area (Å²) < 4.78 is 6.23. The van der Waals surface area contributed by atoms with Gasteiger partial charge >= 0.3 is 0 Å². The van der Waals surface area contributed by atoms with E-state index in [1.807, 2.05) is 18.3 Å². The first-order valence-electron chi connectivity index (χ1n) is 7.88. The van der Waals surface area contributed by atoms with Crippen LogP contribution in [-0.2, 0) is 6.54 Å². The maximum Gasteiger partial charge on any atom is 0.127 e. The van der Waals surface area contributed by atoms with E-state index in [2.05, 4.69) is 56.2 Å². The molecule has 0 saturated heterocycles. The zero-order valence-corrected chi connectivity index (χ0v) is 13.8. The molecule has 1 unspecified atom stereocenters. The highest BCUT2D eigenvalue weighted by atomic mass is 16.5. The van der Waals surface area contributed by atoms with Gasteiger partial charge in [0.1, 0.15) is 11.4 Å². The van der Waals surface area contributed by atoms with Crippen LogP contribution in [0.5, 0.6) is 5.75 Å². The van der Waals surface area contributed by atoms with Gasteiger partial charge in [0.05, 0.1) is 5.69 Å². The Morgan fingerprint density at radius 1 is 1.27 bits per heavy atom. The van der Waals surface area contributed by atoms with Crippen molar-refractivity contribution in [3.63, 3.8) is 0 Å². The fourth-order valence-corrected chi connectivity index (χ4v) is 3.22. The zero-order valence-electron chi connectivity index (χ0n) is 13.8. The molecular formula is C19H24N2O. The molecule has 1 aromatic carbocycles. The quantitative estimate of drug-likeness (QED) is 0.926. The third kappa shape index (κ3) is 3.14. The third-order valence-electron chi connectivity index (χ3n) is 4.15. The monoisotopic (exact) mass is 296 g/mol. The Balaban J connectivity index is 1.88. The topological polar surface area (TPSA) is 34.2 Å². The fourth-order valence-electron chi connectivity index (χ4n) is 3.22. The molecule has 3 rings (SSSR count). The average Bonchev–Trinajstić information content (AvgIpc) is 2.46.